The van der Waals surface area contributed by atoms with Crippen molar-refractivity contribution in [1.29, 1.82) is 0 Å². The summed E-state index contributed by atoms with van der Waals surface area (Å²) in [5, 5.41) is 14.8. The largest absolute Gasteiger partial charge is 0.344 e. The van der Waals surface area contributed by atoms with E-state index in [4.69, 9.17) is 0 Å². The van der Waals surface area contributed by atoms with Gasteiger partial charge in [0.05, 0.1) is 11.7 Å². The molecule has 2 aliphatic rings. The van der Waals surface area contributed by atoms with Crippen LogP contribution in [-0.4, -0.2) is 16.1 Å². The number of carbonyl (C=O) groups excluding carboxylic acids is 1. The van der Waals surface area contributed by atoms with Gasteiger partial charge >= 0.3 is 0 Å². The first-order chi connectivity index (χ1) is 9.75. The average molecular weight is 283 g/mol. The number of nitrogens with one attached hydrogen (secondary N) is 1. The molecule has 0 unspecified atom stereocenters. The highest BCUT2D eigenvalue weighted by Crippen LogP contribution is 2.24. The Labute approximate surface area is 120 Å². The summed E-state index contributed by atoms with van der Waals surface area (Å²) < 4.78 is 0. The number of rotatable bonds is 3. The van der Waals surface area contributed by atoms with Crippen molar-refractivity contribution >= 4 is 17.2 Å². The van der Waals surface area contributed by atoms with E-state index in [1.165, 1.54) is 11.3 Å². The number of hydrogen-bond donors (Lipinski definition) is 1. The summed E-state index contributed by atoms with van der Waals surface area (Å²) in [7, 11) is 0. The maximum Gasteiger partial charge on any atom is 0.273 e. The minimum atomic E-state index is -0.192. The van der Waals surface area contributed by atoms with E-state index in [2.05, 4.69) is 15.5 Å². The lowest BCUT2D eigenvalue weighted by atomic mass is 10.1. The molecule has 5 heteroatoms. The van der Waals surface area contributed by atoms with Gasteiger partial charge in [0.25, 0.3) is 5.91 Å². The van der Waals surface area contributed by atoms with E-state index >= 15 is 0 Å². The molecule has 3 rings (SSSR count). The summed E-state index contributed by atoms with van der Waals surface area (Å²) >= 11 is 1.52. The molecule has 2 aliphatic heterocycles. The number of nitrogens with zero attached hydrogens (tertiary/aromatic N) is 2. The van der Waals surface area contributed by atoms with Gasteiger partial charge in [0, 0.05) is 10.9 Å². The minimum Gasteiger partial charge on any atom is -0.344 e. The summed E-state index contributed by atoms with van der Waals surface area (Å²) in [6.07, 6.45) is 0. The first-order valence-corrected chi connectivity index (χ1v) is 7.24. The fourth-order valence-corrected chi connectivity index (χ4v) is 2.70. The van der Waals surface area contributed by atoms with Gasteiger partial charge < -0.3 is 5.32 Å². The zero-order valence-corrected chi connectivity index (χ0v) is 11.7. The smallest absolute Gasteiger partial charge is 0.273 e. The van der Waals surface area contributed by atoms with Crippen LogP contribution in [-0.2, 0) is 0 Å². The Hall–Kier alpha value is -2.27. The molecular weight excluding hydrogens is 270 g/mol. The first-order valence-electron chi connectivity index (χ1n) is 6.30. The number of amides is 1. The van der Waals surface area contributed by atoms with Gasteiger partial charge in [-0.2, -0.15) is 11.3 Å². The zero-order chi connectivity index (χ0) is 13.9. The van der Waals surface area contributed by atoms with Gasteiger partial charge in [-0.1, -0.05) is 30.3 Å². The number of aromatic nitrogens is 2. The van der Waals surface area contributed by atoms with Crippen molar-refractivity contribution in [2.45, 2.75) is 13.0 Å². The highest BCUT2D eigenvalue weighted by molar-refractivity contribution is 7.07. The monoisotopic (exact) mass is 283 g/mol. The van der Waals surface area contributed by atoms with E-state index < -0.39 is 0 Å². The second-order valence-corrected chi connectivity index (χ2v) is 5.29. The predicted molar refractivity (Wildman–Crippen MR) is 78.9 cm³/mol. The van der Waals surface area contributed by atoms with Gasteiger partial charge in [-0.25, -0.2) is 0 Å². The van der Waals surface area contributed by atoms with Crippen LogP contribution in [0.1, 0.15) is 29.0 Å². The standard InChI is InChI=1S/C15H13N3OS/c1-10(11-5-3-2-4-6-11)16-15(19)14-12-9-20-8-7-13(12)17-18-14/h2-10H,1H3,(H,16,19)/t10-/m1/s1. The van der Waals surface area contributed by atoms with Gasteiger partial charge in [0.1, 0.15) is 0 Å². The molecule has 0 aliphatic carbocycles. The van der Waals surface area contributed by atoms with Crippen molar-refractivity contribution in [3.05, 3.63) is 58.4 Å². The van der Waals surface area contributed by atoms with E-state index in [9.17, 15) is 4.79 Å². The van der Waals surface area contributed by atoms with E-state index in [1.807, 2.05) is 54.1 Å². The Kier molecular flexibility index (Phi) is 3.43. The maximum atomic E-state index is 12.3. The van der Waals surface area contributed by atoms with Gasteiger partial charge in [0.2, 0.25) is 0 Å². The van der Waals surface area contributed by atoms with Crippen LogP contribution in [0.4, 0.5) is 0 Å². The van der Waals surface area contributed by atoms with E-state index in [0.717, 1.165) is 16.8 Å². The predicted octanol–water partition coefficient (Wildman–Crippen LogP) is 3.13. The van der Waals surface area contributed by atoms with Gasteiger partial charge in [-0.15, -0.1) is 10.2 Å². The number of benzene rings is 1. The molecule has 1 atom stereocenters. The molecule has 0 saturated heterocycles. The minimum absolute atomic E-state index is 0.0668. The van der Waals surface area contributed by atoms with Crippen LogP contribution in [0.2, 0.25) is 0 Å². The van der Waals surface area contributed by atoms with Crippen molar-refractivity contribution in [3.63, 3.8) is 0 Å². The Balaban J connectivity index is 1.80. The van der Waals surface area contributed by atoms with Crippen LogP contribution >= 0.6 is 11.3 Å². The van der Waals surface area contributed by atoms with Crippen molar-refractivity contribution in [1.82, 2.24) is 15.5 Å². The van der Waals surface area contributed by atoms with Crippen LogP contribution < -0.4 is 5.32 Å². The Morgan fingerprint density at radius 1 is 1.20 bits per heavy atom. The van der Waals surface area contributed by atoms with Crippen LogP contribution in [0, 0.1) is 0 Å². The number of carbonyl (C=O) groups is 1. The maximum absolute atomic E-state index is 12.3. The lowest BCUT2D eigenvalue weighted by Crippen LogP contribution is -2.27. The van der Waals surface area contributed by atoms with Crippen molar-refractivity contribution in [2.24, 2.45) is 0 Å². The third-order valence-corrected chi connectivity index (χ3v) is 3.81. The Morgan fingerprint density at radius 3 is 2.80 bits per heavy atom. The summed E-state index contributed by atoms with van der Waals surface area (Å²) in [5.74, 6) is -0.192. The second-order valence-electron chi connectivity index (χ2n) is 4.51. The summed E-state index contributed by atoms with van der Waals surface area (Å²) in [5.41, 5.74) is 3.00. The molecule has 4 nitrogen and oxygen atoms in total. The normalized spacial score (nSPS) is 12.2. The quantitative estimate of drug-likeness (QED) is 0.803. The summed E-state index contributed by atoms with van der Waals surface area (Å²) in [6, 6.07) is 11.6. The molecule has 0 radical (unpaired) electrons. The molecule has 0 spiro atoms. The van der Waals surface area contributed by atoms with Crippen LogP contribution in [0.15, 0.2) is 47.2 Å². The highest BCUT2D eigenvalue weighted by atomic mass is 32.1. The third-order valence-electron chi connectivity index (χ3n) is 3.14. The lowest BCUT2D eigenvalue weighted by Gasteiger charge is -2.13. The van der Waals surface area contributed by atoms with Crippen molar-refractivity contribution < 1.29 is 4.79 Å². The summed E-state index contributed by atoms with van der Waals surface area (Å²) in [6.45, 7) is 1.95. The lowest BCUT2D eigenvalue weighted by molar-refractivity contribution is 0.0935. The molecule has 100 valence electrons. The SMILES string of the molecule is C[C@@H](NC(=O)c1nnc2ccscc1-2)c1ccccc1. The fraction of sp³-hybridized carbons (Fsp3) is 0.133. The molecule has 1 amide bonds. The van der Waals surface area contributed by atoms with Crippen molar-refractivity contribution in [2.75, 3.05) is 0 Å². The van der Waals surface area contributed by atoms with Crippen LogP contribution in [0.25, 0.3) is 11.3 Å². The molecular formula is C15H13N3OS. The van der Waals surface area contributed by atoms with Gasteiger partial charge in [0.15, 0.2) is 5.69 Å². The molecule has 0 saturated carbocycles. The number of fused-ring (bicyclic) bond motifs is 1. The summed E-state index contributed by atoms with van der Waals surface area (Å²) in [4.78, 5) is 12.3. The Bertz CT molecular complexity index is 695. The fourth-order valence-electron chi connectivity index (χ4n) is 2.04. The van der Waals surface area contributed by atoms with Crippen LogP contribution in [0.3, 0.4) is 0 Å². The number of hydrogen-bond acceptors (Lipinski definition) is 4. The molecule has 1 N–H and O–H groups in total. The molecule has 2 heterocycles. The van der Waals surface area contributed by atoms with E-state index in [0.29, 0.717) is 5.69 Å². The third kappa shape index (κ3) is 2.40. The average Bonchev–Trinajstić information content (AvgIpc) is 2.92. The van der Waals surface area contributed by atoms with Crippen molar-refractivity contribution in [3.8, 4) is 11.3 Å². The molecule has 1 aromatic rings. The topological polar surface area (TPSA) is 54.9 Å². The Morgan fingerprint density at radius 2 is 2.00 bits per heavy atom. The molecule has 0 aromatic heterocycles. The van der Waals surface area contributed by atoms with E-state index in [-0.39, 0.29) is 11.9 Å². The highest BCUT2D eigenvalue weighted by Gasteiger charge is 2.20. The molecule has 20 heavy (non-hydrogen) atoms. The first kappa shape index (κ1) is 12.7. The zero-order valence-electron chi connectivity index (χ0n) is 10.9. The van der Waals surface area contributed by atoms with Gasteiger partial charge in [-0.05, 0) is 23.9 Å². The van der Waals surface area contributed by atoms with Gasteiger partial charge in [-0.3, -0.25) is 4.79 Å². The molecule has 0 bridgehead atoms. The molecule has 1 aromatic carbocycles. The van der Waals surface area contributed by atoms with E-state index in [1.54, 1.807) is 0 Å². The van der Waals surface area contributed by atoms with Crippen LogP contribution in [0.5, 0.6) is 0 Å². The second kappa shape index (κ2) is 5.38. The molecule has 0 fully saturated rings.